The van der Waals surface area contributed by atoms with Gasteiger partial charge in [0.05, 0.1) is 0 Å². The van der Waals surface area contributed by atoms with Gasteiger partial charge in [0.25, 0.3) is 5.91 Å². The maximum Gasteiger partial charge on any atom is 0.251 e. The molecular formula is C20H37IN4O2. The summed E-state index contributed by atoms with van der Waals surface area (Å²) < 4.78 is 5.54. The summed E-state index contributed by atoms with van der Waals surface area (Å²) in [7, 11) is 1.85. The summed E-state index contributed by atoms with van der Waals surface area (Å²) in [6, 6.07) is 0. The highest BCUT2D eigenvalue weighted by molar-refractivity contribution is 14.0. The van der Waals surface area contributed by atoms with Crippen molar-refractivity contribution in [3.8, 4) is 0 Å². The molecule has 156 valence electrons. The fraction of sp³-hybridized carbons (Fsp3) is 0.900. The van der Waals surface area contributed by atoms with Gasteiger partial charge >= 0.3 is 0 Å². The van der Waals surface area contributed by atoms with Crippen molar-refractivity contribution in [2.24, 2.45) is 10.9 Å². The summed E-state index contributed by atoms with van der Waals surface area (Å²) in [5.74, 6) is 2.15. The summed E-state index contributed by atoms with van der Waals surface area (Å²) in [6.45, 7) is 4.95. The average molecular weight is 492 g/mol. The molecule has 27 heavy (non-hydrogen) atoms. The SMILES string of the molecule is CN=C(NCCCCC1CCCC1)N1CCN(C(=O)C2CCCO2)CC1.I. The van der Waals surface area contributed by atoms with Crippen molar-refractivity contribution >= 4 is 35.8 Å². The number of amides is 1. The van der Waals surface area contributed by atoms with Crippen LogP contribution in [-0.4, -0.2) is 74.1 Å². The molecule has 2 saturated heterocycles. The molecule has 1 saturated carbocycles. The number of piperazine rings is 1. The zero-order valence-electron chi connectivity index (χ0n) is 16.8. The minimum absolute atomic E-state index is 0. The molecule has 1 amide bonds. The minimum Gasteiger partial charge on any atom is -0.368 e. The molecule has 1 unspecified atom stereocenters. The van der Waals surface area contributed by atoms with Crippen LogP contribution in [0, 0.1) is 5.92 Å². The predicted molar refractivity (Wildman–Crippen MR) is 120 cm³/mol. The van der Waals surface area contributed by atoms with Crippen LogP contribution in [0.4, 0.5) is 0 Å². The number of ether oxygens (including phenoxy) is 1. The third-order valence-electron chi connectivity index (χ3n) is 6.10. The third kappa shape index (κ3) is 6.76. The van der Waals surface area contributed by atoms with Crippen molar-refractivity contribution in [1.29, 1.82) is 0 Å². The second-order valence-electron chi connectivity index (χ2n) is 7.93. The Morgan fingerprint density at radius 3 is 2.37 bits per heavy atom. The van der Waals surface area contributed by atoms with E-state index in [0.29, 0.717) is 0 Å². The van der Waals surface area contributed by atoms with E-state index in [1.807, 2.05) is 11.9 Å². The molecule has 6 nitrogen and oxygen atoms in total. The van der Waals surface area contributed by atoms with Crippen LogP contribution in [0.15, 0.2) is 4.99 Å². The number of unbranched alkanes of at least 4 members (excludes halogenated alkanes) is 1. The van der Waals surface area contributed by atoms with E-state index in [9.17, 15) is 4.79 Å². The van der Waals surface area contributed by atoms with Crippen molar-refractivity contribution in [2.45, 2.75) is 63.9 Å². The van der Waals surface area contributed by atoms with Gasteiger partial charge in [-0.3, -0.25) is 9.79 Å². The molecule has 3 fully saturated rings. The Balaban J connectivity index is 0.00000261. The first-order valence-corrected chi connectivity index (χ1v) is 10.6. The van der Waals surface area contributed by atoms with E-state index in [1.54, 1.807) is 0 Å². The summed E-state index contributed by atoms with van der Waals surface area (Å²) >= 11 is 0. The molecular weight excluding hydrogens is 455 g/mol. The van der Waals surface area contributed by atoms with Crippen molar-refractivity contribution in [2.75, 3.05) is 46.4 Å². The van der Waals surface area contributed by atoms with Crippen molar-refractivity contribution in [1.82, 2.24) is 15.1 Å². The smallest absolute Gasteiger partial charge is 0.251 e. The highest BCUT2D eigenvalue weighted by Gasteiger charge is 2.30. The molecule has 1 aliphatic carbocycles. The Bertz CT molecular complexity index is 469. The summed E-state index contributed by atoms with van der Waals surface area (Å²) in [4.78, 5) is 21.1. The maximum absolute atomic E-state index is 12.4. The van der Waals surface area contributed by atoms with E-state index in [1.165, 1.54) is 44.9 Å². The van der Waals surface area contributed by atoms with Gasteiger partial charge in [-0.2, -0.15) is 0 Å². The molecule has 3 aliphatic rings. The van der Waals surface area contributed by atoms with Gasteiger partial charge in [0.1, 0.15) is 6.10 Å². The van der Waals surface area contributed by atoms with E-state index in [-0.39, 0.29) is 36.0 Å². The summed E-state index contributed by atoms with van der Waals surface area (Å²) in [6.07, 6.45) is 11.4. The van der Waals surface area contributed by atoms with Crippen LogP contribution in [-0.2, 0) is 9.53 Å². The van der Waals surface area contributed by atoms with Gasteiger partial charge in [0.15, 0.2) is 5.96 Å². The van der Waals surface area contributed by atoms with Crippen molar-refractivity contribution in [3.05, 3.63) is 0 Å². The first kappa shape index (κ1) is 22.7. The van der Waals surface area contributed by atoms with Gasteiger partial charge in [-0.1, -0.05) is 38.5 Å². The molecule has 0 radical (unpaired) electrons. The van der Waals surface area contributed by atoms with Gasteiger partial charge < -0.3 is 19.9 Å². The van der Waals surface area contributed by atoms with E-state index in [0.717, 1.165) is 64.0 Å². The van der Waals surface area contributed by atoms with Crippen LogP contribution in [0.2, 0.25) is 0 Å². The highest BCUT2D eigenvalue weighted by Crippen LogP contribution is 2.28. The number of guanidine groups is 1. The normalized spacial score (nSPS) is 24.2. The number of aliphatic imine (C=N–C) groups is 1. The van der Waals surface area contributed by atoms with Crippen molar-refractivity contribution < 1.29 is 9.53 Å². The van der Waals surface area contributed by atoms with Crippen LogP contribution in [0.1, 0.15) is 57.8 Å². The standard InChI is InChI=1S/C20H36N4O2.HI/c1-21-20(22-11-5-4-9-17-7-2-3-8-17)24-14-12-23(13-15-24)19(25)18-10-6-16-26-18;/h17-18H,2-16H2,1H3,(H,21,22);1H. The average Bonchev–Trinajstić information content (AvgIpc) is 3.38. The minimum atomic E-state index is -0.196. The highest BCUT2D eigenvalue weighted by atomic mass is 127. The zero-order chi connectivity index (χ0) is 18.2. The molecule has 1 N–H and O–H groups in total. The molecule has 2 aliphatic heterocycles. The molecule has 1 atom stereocenters. The molecule has 2 heterocycles. The lowest BCUT2D eigenvalue weighted by atomic mass is 10.0. The monoisotopic (exact) mass is 492 g/mol. The molecule has 3 rings (SSSR count). The van der Waals surface area contributed by atoms with Gasteiger partial charge in [-0.05, 0) is 25.2 Å². The number of nitrogens with one attached hydrogen (secondary N) is 1. The van der Waals surface area contributed by atoms with Crippen LogP contribution in [0.3, 0.4) is 0 Å². The lowest BCUT2D eigenvalue weighted by Crippen LogP contribution is -2.55. The van der Waals surface area contributed by atoms with Gasteiger partial charge in [0, 0.05) is 46.4 Å². The van der Waals surface area contributed by atoms with Crippen LogP contribution < -0.4 is 5.32 Å². The third-order valence-corrected chi connectivity index (χ3v) is 6.10. The second kappa shape index (κ2) is 12.1. The Labute approximate surface area is 181 Å². The Morgan fingerprint density at radius 2 is 1.74 bits per heavy atom. The van der Waals surface area contributed by atoms with E-state index in [2.05, 4.69) is 15.2 Å². The largest absolute Gasteiger partial charge is 0.368 e. The molecule has 0 bridgehead atoms. The second-order valence-corrected chi connectivity index (χ2v) is 7.93. The van der Waals surface area contributed by atoms with E-state index < -0.39 is 0 Å². The maximum atomic E-state index is 12.4. The number of rotatable bonds is 6. The Hall–Kier alpha value is -0.570. The number of hydrogen-bond acceptors (Lipinski definition) is 3. The Morgan fingerprint density at radius 1 is 1.04 bits per heavy atom. The molecule has 0 spiro atoms. The van der Waals surface area contributed by atoms with E-state index >= 15 is 0 Å². The number of carbonyl (C=O) groups is 1. The van der Waals surface area contributed by atoms with E-state index in [4.69, 9.17) is 4.74 Å². The van der Waals surface area contributed by atoms with Gasteiger partial charge in [-0.25, -0.2) is 0 Å². The first-order chi connectivity index (χ1) is 12.8. The fourth-order valence-corrected chi connectivity index (χ4v) is 4.50. The fourth-order valence-electron chi connectivity index (χ4n) is 4.50. The summed E-state index contributed by atoms with van der Waals surface area (Å²) in [5, 5.41) is 3.51. The van der Waals surface area contributed by atoms with Gasteiger partial charge in [0.2, 0.25) is 0 Å². The van der Waals surface area contributed by atoms with Crippen molar-refractivity contribution in [3.63, 3.8) is 0 Å². The summed E-state index contributed by atoms with van der Waals surface area (Å²) in [5.41, 5.74) is 0. The number of hydrogen-bond donors (Lipinski definition) is 1. The van der Waals surface area contributed by atoms with Crippen LogP contribution >= 0.6 is 24.0 Å². The first-order valence-electron chi connectivity index (χ1n) is 10.6. The van der Waals surface area contributed by atoms with Crippen LogP contribution in [0.5, 0.6) is 0 Å². The van der Waals surface area contributed by atoms with Crippen LogP contribution in [0.25, 0.3) is 0 Å². The number of nitrogens with zero attached hydrogens (tertiary/aromatic N) is 3. The Kier molecular flexibility index (Phi) is 10.2. The molecule has 0 aromatic carbocycles. The molecule has 0 aromatic heterocycles. The number of carbonyl (C=O) groups excluding carboxylic acids is 1. The lowest BCUT2D eigenvalue weighted by molar-refractivity contribution is -0.142. The lowest BCUT2D eigenvalue weighted by Gasteiger charge is -2.37. The van der Waals surface area contributed by atoms with Gasteiger partial charge in [-0.15, -0.1) is 24.0 Å². The molecule has 0 aromatic rings. The predicted octanol–water partition coefficient (Wildman–Crippen LogP) is 2.86. The zero-order valence-corrected chi connectivity index (χ0v) is 19.2. The topological polar surface area (TPSA) is 57.2 Å². The molecule has 7 heteroatoms. The quantitative estimate of drug-likeness (QED) is 0.268. The number of halogens is 1.